The highest BCUT2D eigenvalue weighted by molar-refractivity contribution is 6.09. The summed E-state index contributed by atoms with van der Waals surface area (Å²) in [4.78, 5) is 0. The number of hydrogen-bond donors (Lipinski definition) is 1. The Morgan fingerprint density at radius 1 is 0.806 bits per heavy atom. The van der Waals surface area contributed by atoms with Crippen LogP contribution in [0.15, 0.2) is 59.0 Å². The molecule has 0 amide bonds. The maximum absolute atomic E-state index is 6.19. The number of nitrogens with two attached hydrogens (primary N) is 1. The van der Waals surface area contributed by atoms with Gasteiger partial charge in [0.15, 0.2) is 0 Å². The van der Waals surface area contributed by atoms with Gasteiger partial charge >= 0.3 is 0 Å². The van der Waals surface area contributed by atoms with Crippen LogP contribution in [0.25, 0.3) is 44.7 Å². The van der Waals surface area contributed by atoms with Crippen LogP contribution in [0.2, 0.25) is 0 Å². The van der Waals surface area contributed by atoms with E-state index in [0.717, 1.165) is 41.8 Å². The number of nitrogens with zero attached hydrogens (tertiary/aromatic N) is 3. The van der Waals surface area contributed by atoms with Gasteiger partial charge in [-0.3, -0.25) is 0 Å². The molecule has 156 valence electrons. The fourth-order valence-electron chi connectivity index (χ4n) is 4.71. The summed E-state index contributed by atoms with van der Waals surface area (Å²) in [6, 6.07) is 18.8. The number of aryl methyl sites for hydroxylation is 1. The summed E-state index contributed by atoms with van der Waals surface area (Å²) in [5.74, 6) is 1.07. The van der Waals surface area contributed by atoms with Gasteiger partial charge < -0.3 is 14.7 Å². The molecule has 0 saturated carbocycles. The molecular formula is C26H26N4O. The molecule has 5 nitrogen and oxygen atoms in total. The van der Waals surface area contributed by atoms with Crippen LogP contribution in [0, 0.1) is 0 Å². The molecule has 0 fully saturated rings. The number of nitrogen functional groups attached to an aromatic ring is 1. The van der Waals surface area contributed by atoms with Gasteiger partial charge in [0.25, 0.3) is 0 Å². The van der Waals surface area contributed by atoms with Gasteiger partial charge in [-0.25, -0.2) is 0 Å². The quantitative estimate of drug-likeness (QED) is 0.348. The lowest BCUT2D eigenvalue weighted by atomic mass is 9.95. The van der Waals surface area contributed by atoms with Crippen molar-refractivity contribution in [2.24, 2.45) is 0 Å². The third kappa shape index (κ3) is 3.00. The van der Waals surface area contributed by atoms with E-state index in [-0.39, 0.29) is 0 Å². The second kappa shape index (κ2) is 7.58. The van der Waals surface area contributed by atoms with Crippen LogP contribution in [0.4, 0.5) is 5.69 Å². The van der Waals surface area contributed by atoms with Crippen LogP contribution in [-0.4, -0.2) is 14.8 Å². The highest BCUT2D eigenvalue weighted by Gasteiger charge is 2.18. The van der Waals surface area contributed by atoms with Crippen molar-refractivity contribution in [2.75, 3.05) is 5.73 Å². The van der Waals surface area contributed by atoms with Crippen molar-refractivity contribution >= 4 is 27.5 Å². The minimum Gasteiger partial charge on any atom is -0.416 e. The van der Waals surface area contributed by atoms with Crippen LogP contribution in [0.5, 0.6) is 0 Å². The first kappa shape index (κ1) is 19.4. The Hall–Kier alpha value is -3.60. The number of fused-ring (bicyclic) bond motifs is 3. The van der Waals surface area contributed by atoms with Crippen LogP contribution >= 0.6 is 0 Å². The zero-order valence-corrected chi connectivity index (χ0v) is 18.1. The molecule has 0 aliphatic carbocycles. The molecule has 5 heteroatoms. The molecule has 0 aliphatic heterocycles. The van der Waals surface area contributed by atoms with E-state index in [4.69, 9.17) is 10.2 Å². The van der Waals surface area contributed by atoms with E-state index >= 15 is 0 Å². The highest BCUT2D eigenvalue weighted by atomic mass is 16.4. The third-order valence-electron chi connectivity index (χ3n) is 6.17. The molecule has 0 atom stereocenters. The highest BCUT2D eigenvalue weighted by Crippen LogP contribution is 2.34. The minimum atomic E-state index is 0.530. The zero-order chi connectivity index (χ0) is 21.5. The Morgan fingerprint density at radius 3 is 2.32 bits per heavy atom. The summed E-state index contributed by atoms with van der Waals surface area (Å²) in [5, 5.41) is 11.2. The number of rotatable bonds is 5. The summed E-state index contributed by atoms with van der Waals surface area (Å²) < 4.78 is 8.50. The SMILES string of the molecule is CCc1c(N)ccc(-c2nnc(-c3ccc4c(c3)c3ccccc3n4CC)o2)c1CC. The van der Waals surface area contributed by atoms with Crippen molar-refractivity contribution in [3.63, 3.8) is 0 Å². The Balaban J connectivity index is 1.63. The minimum absolute atomic E-state index is 0.530. The molecule has 0 saturated heterocycles. The Morgan fingerprint density at radius 2 is 1.55 bits per heavy atom. The Bertz CT molecular complexity index is 1410. The maximum Gasteiger partial charge on any atom is 0.248 e. The molecule has 0 spiro atoms. The fourth-order valence-corrected chi connectivity index (χ4v) is 4.71. The lowest BCUT2D eigenvalue weighted by Crippen LogP contribution is -2.01. The van der Waals surface area contributed by atoms with Crippen molar-refractivity contribution in [1.82, 2.24) is 14.8 Å². The zero-order valence-electron chi connectivity index (χ0n) is 18.1. The molecule has 2 aromatic heterocycles. The van der Waals surface area contributed by atoms with Crippen molar-refractivity contribution < 1.29 is 4.42 Å². The smallest absolute Gasteiger partial charge is 0.248 e. The fraction of sp³-hybridized carbons (Fsp3) is 0.231. The number of anilines is 1. The van der Waals surface area contributed by atoms with Gasteiger partial charge in [-0.1, -0.05) is 32.0 Å². The number of hydrogen-bond acceptors (Lipinski definition) is 4. The number of benzene rings is 3. The lowest BCUT2D eigenvalue weighted by molar-refractivity contribution is 0.584. The summed E-state index contributed by atoms with van der Waals surface area (Å²) >= 11 is 0. The van der Waals surface area contributed by atoms with E-state index in [1.165, 1.54) is 27.4 Å². The predicted molar refractivity (Wildman–Crippen MR) is 127 cm³/mol. The normalized spacial score (nSPS) is 11.6. The topological polar surface area (TPSA) is 69.9 Å². The number of aromatic nitrogens is 3. The third-order valence-corrected chi connectivity index (χ3v) is 6.17. The molecule has 3 aromatic carbocycles. The largest absolute Gasteiger partial charge is 0.416 e. The average Bonchev–Trinajstić information content (AvgIpc) is 3.41. The van der Waals surface area contributed by atoms with Crippen molar-refractivity contribution in [2.45, 2.75) is 40.2 Å². The molecule has 0 bridgehead atoms. The van der Waals surface area contributed by atoms with Gasteiger partial charge in [-0.15, -0.1) is 10.2 Å². The Labute approximate surface area is 181 Å². The lowest BCUT2D eigenvalue weighted by Gasteiger charge is -2.12. The van der Waals surface area contributed by atoms with E-state index < -0.39 is 0 Å². The Kier molecular flexibility index (Phi) is 4.74. The van der Waals surface area contributed by atoms with Crippen molar-refractivity contribution in [3.05, 3.63) is 65.7 Å². The molecule has 2 heterocycles. The first-order valence-corrected chi connectivity index (χ1v) is 10.9. The van der Waals surface area contributed by atoms with E-state index in [9.17, 15) is 0 Å². The van der Waals surface area contributed by atoms with Gasteiger partial charge in [-0.05, 0) is 67.3 Å². The molecule has 0 radical (unpaired) electrons. The maximum atomic E-state index is 6.19. The second-order valence-corrected chi connectivity index (χ2v) is 7.77. The molecular weight excluding hydrogens is 384 g/mol. The number of para-hydroxylation sites is 1. The summed E-state index contributed by atoms with van der Waals surface area (Å²) in [5.41, 5.74) is 13.7. The van der Waals surface area contributed by atoms with E-state index in [2.05, 4.69) is 78.0 Å². The second-order valence-electron chi connectivity index (χ2n) is 7.77. The van der Waals surface area contributed by atoms with Gasteiger partial charge in [0.05, 0.1) is 0 Å². The molecule has 0 aliphatic rings. The molecule has 5 rings (SSSR count). The summed E-state index contributed by atoms with van der Waals surface area (Å²) in [6.45, 7) is 7.35. The van der Waals surface area contributed by atoms with Gasteiger partial charge in [0, 0.05) is 45.2 Å². The monoisotopic (exact) mass is 410 g/mol. The first-order valence-electron chi connectivity index (χ1n) is 10.9. The van der Waals surface area contributed by atoms with Crippen LogP contribution < -0.4 is 5.73 Å². The first-order chi connectivity index (χ1) is 15.2. The molecule has 0 unspecified atom stereocenters. The van der Waals surface area contributed by atoms with E-state index in [1.54, 1.807) is 0 Å². The van der Waals surface area contributed by atoms with Crippen LogP contribution in [-0.2, 0) is 19.4 Å². The van der Waals surface area contributed by atoms with E-state index in [1.807, 2.05) is 12.1 Å². The van der Waals surface area contributed by atoms with Crippen LogP contribution in [0.1, 0.15) is 31.9 Å². The standard InChI is InChI=1S/C26H26N4O/c1-4-17-18(5-2)22(27)13-12-20(17)26-29-28-25(31-26)16-11-14-24-21(15-16)19-9-7-8-10-23(19)30(24)6-3/h7-15H,4-6,27H2,1-3H3. The molecule has 2 N–H and O–H groups in total. The van der Waals surface area contributed by atoms with Crippen molar-refractivity contribution in [1.29, 1.82) is 0 Å². The summed E-state index contributed by atoms with van der Waals surface area (Å²) in [6.07, 6.45) is 1.74. The van der Waals surface area contributed by atoms with Gasteiger partial charge in [-0.2, -0.15) is 0 Å². The molecule has 31 heavy (non-hydrogen) atoms. The van der Waals surface area contributed by atoms with Gasteiger partial charge in [0.1, 0.15) is 0 Å². The van der Waals surface area contributed by atoms with Crippen LogP contribution in [0.3, 0.4) is 0 Å². The van der Waals surface area contributed by atoms with Crippen molar-refractivity contribution in [3.8, 4) is 22.9 Å². The molecule has 5 aromatic rings. The average molecular weight is 411 g/mol. The summed E-state index contributed by atoms with van der Waals surface area (Å²) in [7, 11) is 0. The van der Waals surface area contributed by atoms with Gasteiger partial charge in [0.2, 0.25) is 11.8 Å². The van der Waals surface area contributed by atoms with E-state index in [0.29, 0.717) is 11.8 Å². The predicted octanol–water partition coefficient (Wildman–Crippen LogP) is 6.24.